The Morgan fingerprint density at radius 3 is 2.00 bits per heavy atom. The zero-order valence-corrected chi connectivity index (χ0v) is 8.27. The standard InChI is InChI=1S/C9H17F2O2/c1-4-5-6-8(10,11)9(12,13)7(2)3/h12-13H,4-6H2,1-3H3. The number of hydrogen-bond acceptors (Lipinski definition) is 2. The van der Waals surface area contributed by atoms with E-state index >= 15 is 0 Å². The highest BCUT2D eigenvalue weighted by Crippen LogP contribution is 2.37. The van der Waals surface area contributed by atoms with E-state index in [9.17, 15) is 8.78 Å². The zero-order chi connectivity index (χ0) is 10.7. The minimum atomic E-state index is -3.46. The molecular formula is C9H17F2O2. The van der Waals surface area contributed by atoms with Crippen molar-refractivity contribution < 1.29 is 19.0 Å². The highest BCUT2D eigenvalue weighted by atomic mass is 19.3. The van der Waals surface area contributed by atoms with Crippen LogP contribution in [0.25, 0.3) is 0 Å². The zero-order valence-electron chi connectivity index (χ0n) is 8.27. The molecule has 0 aliphatic heterocycles. The van der Waals surface area contributed by atoms with E-state index in [-0.39, 0.29) is 12.3 Å². The second-order valence-electron chi connectivity index (χ2n) is 3.48. The summed E-state index contributed by atoms with van der Waals surface area (Å²) in [5, 5.41) is 18.2. The third-order valence-corrected chi connectivity index (χ3v) is 2.05. The number of rotatable bonds is 5. The summed E-state index contributed by atoms with van der Waals surface area (Å²) in [5.74, 6) is -6.52. The molecule has 0 atom stereocenters. The third kappa shape index (κ3) is 2.88. The van der Waals surface area contributed by atoms with Gasteiger partial charge in [0.1, 0.15) is 0 Å². The molecule has 4 heteroatoms. The molecule has 0 aromatic rings. The summed E-state index contributed by atoms with van der Waals surface area (Å²) in [4.78, 5) is 0. The van der Waals surface area contributed by atoms with Crippen molar-refractivity contribution in [2.75, 3.05) is 0 Å². The molecule has 13 heavy (non-hydrogen) atoms. The summed E-state index contributed by atoms with van der Waals surface area (Å²) >= 11 is 0. The summed E-state index contributed by atoms with van der Waals surface area (Å²) in [6.45, 7) is 4.33. The van der Waals surface area contributed by atoms with Gasteiger partial charge in [-0.3, -0.25) is 0 Å². The maximum Gasteiger partial charge on any atom is 0.301 e. The topological polar surface area (TPSA) is 40.5 Å². The van der Waals surface area contributed by atoms with Crippen molar-refractivity contribution in [2.45, 2.75) is 51.7 Å². The number of aliphatic hydroxyl groups is 2. The average molecular weight is 195 g/mol. The number of unbranched alkanes of at least 4 members (excludes halogenated alkanes) is 1. The van der Waals surface area contributed by atoms with Gasteiger partial charge in [-0.15, -0.1) is 0 Å². The molecule has 0 rings (SSSR count). The molecule has 0 aliphatic rings. The number of hydrogen-bond donors (Lipinski definition) is 2. The molecule has 0 fully saturated rings. The number of halogens is 2. The minimum Gasteiger partial charge on any atom is -0.361 e. The highest BCUT2D eigenvalue weighted by Gasteiger charge is 2.53. The first-order valence-corrected chi connectivity index (χ1v) is 4.39. The quantitative estimate of drug-likeness (QED) is 0.659. The van der Waals surface area contributed by atoms with Gasteiger partial charge in [0, 0.05) is 12.3 Å². The smallest absolute Gasteiger partial charge is 0.301 e. The first kappa shape index (κ1) is 12.8. The van der Waals surface area contributed by atoms with Crippen molar-refractivity contribution in [1.29, 1.82) is 0 Å². The van der Waals surface area contributed by atoms with Crippen LogP contribution in [0.5, 0.6) is 0 Å². The Hall–Kier alpha value is -0.220. The fraction of sp³-hybridized carbons (Fsp3) is 0.889. The van der Waals surface area contributed by atoms with Crippen LogP contribution in [-0.2, 0) is 0 Å². The monoisotopic (exact) mass is 195 g/mol. The van der Waals surface area contributed by atoms with Crippen LogP contribution in [0.2, 0.25) is 0 Å². The summed E-state index contributed by atoms with van der Waals surface area (Å²) < 4.78 is 26.2. The van der Waals surface area contributed by atoms with E-state index in [2.05, 4.69) is 0 Å². The van der Waals surface area contributed by atoms with Crippen molar-refractivity contribution in [3.63, 3.8) is 0 Å². The molecule has 2 N–H and O–H groups in total. The van der Waals surface area contributed by atoms with E-state index in [0.717, 1.165) is 0 Å². The van der Waals surface area contributed by atoms with Gasteiger partial charge in [0.25, 0.3) is 0 Å². The van der Waals surface area contributed by atoms with Gasteiger partial charge >= 0.3 is 5.92 Å². The lowest BCUT2D eigenvalue weighted by Crippen LogP contribution is -2.51. The SMILES string of the molecule is CCCCC(F)(F)C(O)(O)[C](C)C. The molecule has 0 bridgehead atoms. The molecule has 0 heterocycles. The van der Waals surface area contributed by atoms with Crippen LogP contribution >= 0.6 is 0 Å². The van der Waals surface area contributed by atoms with E-state index in [1.807, 2.05) is 0 Å². The van der Waals surface area contributed by atoms with E-state index < -0.39 is 18.1 Å². The summed E-state index contributed by atoms with van der Waals surface area (Å²) in [7, 11) is 0. The Balaban J connectivity index is 4.41. The van der Waals surface area contributed by atoms with Crippen molar-refractivity contribution in [3.8, 4) is 0 Å². The van der Waals surface area contributed by atoms with Crippen LogP contribution in [0.1, 0.15) is 40.0 Å². The Bertz CT molecular complexity index is 156. The lowest BCUT2D eigenvalue weighted by molar-refractivity contribution is -0.286. The predicted octanol–water partition coefficient (Wildman–Crippen LogP) is 2.11. The first-order valence-electron chi connectivity index (χ1n) is 4.39. The summed E-state index contributed by atoms with van der Waals surface area (Å²) in [6, 6.07) is 0. The van der Waals surface area contributed by atoms with Gasteiger partial charge in [-0.1, -0.05) is 27.2 Å². The minimum absolute atomic E-state index is 0.0893. The molecule has 0 saturated carbocycles. The van der Waals surface area contributed by atoms with E-state index in [0.29, 0.717) is 6.42 Å². The van der Waals surface area contributed by atoms with Crippen molar-refractivity contribution >= 4 is 0 Å². The van der Waals surface area contributed by atoms with Gasteiger partial charge in [-0.2, -0.15) is 0 Å². The molecule has 0 aliphatic carbocycles. The van der Waals surface area contributed by atoms with Crippen molar-refractivity contribution in [3.05, 3.63) is 5.92 Å². The fourth-order valence-electron chi connectivity index (χ4n) is 0.939. The molecule has 79 valence electrons. The van der Waals surface area contributed by atoms with Crippen LogP contribution in [0.15, 0.2) is 0 Å². The maximum absolute atomic E-state index is 13.1. The summed E-state index contributed by atoms with van der Waals surface area (Å²) in [6.07, 6.45) is 0.388. The van der Waals surface area contributed by atoms with E-state index in [4.69, 9.17) is 10.2 Å². The molecule has 2 nitrogen and oxygen atoms in total. The second-order valence-corrected chi connectivity index (χ2v) is 3.48. The highest BCUT2D eigenvalue weighted by molar-refractivity contribution is 5.02. The molecule has 0 saturated heterocycles. The van der Waals surface area contributed by atoms with Crippen LogP contribution in [0, 0.1) is 5.92 Å². The molecule has 0 aromatic heterocycles. The summed E-state index contributed by atoms with van der Waals surface area (Å²) in [5.41, 5.74) is 0. The van der Waals surface area contributed by atoms with Gasteiger partial charge < -0.3 is 10.2 Å². The van der Waals surface area contributed by atoms with Crippen molar-refractivity contribution in [1.82, 2.24) is 0 Å². The lowest BCUT2D eigenvalue weighted by Gasteiger charge is -2.33. The molecule has 0 unspecified atom stereocenters. The van der Waals surface area contributed by atoms with Gasteiger partial charge in [0.15, 0.2) is 0 Å². The third-order valence-electron chi connectivity index (χ3n) is 2.05. The Labute approximate surface area is 77.6 Å². The average Bonchev–Trinajstić information content (AvgIpc) is 2.00. The molecule has 1 radical (unpaired) electrons. The Morgan fingerprint density at radius 2 is 1.69 bits per heavy atom. The lowest BCUT2D eigenvalue weighted by atomic mass is 9.93. The van der Waals surface area contributed by atoms with Gasteiger partial charge in [-0.05, 0) is 6.42 Å². The maximum atomic E-state index is 13.1. The molecule has 0 amide bonds. The van der Waals surface area contributed by atoms with E-state index in [1.165, 1.54) is 13.8 Å². The molecule has 0 spiro atoms. The van der Waals surface area contributed by atoms with E-state index in [1.54, 1.807) is 6.92 Å². The van der Waals surface area contributed by atoms with Gasteiger partial charge in [0.2, 0.25) is 5.79 Å². The Kier molecular flexibility index (Phi) is 4.26. The second kappa shape index (κ2) is 4.33. The van der Waals surface area contributed by atoms with Crippen LogP contribution in [-0.4, -0.2) is 21.9 Å². The first-order chi connectivity index (χ1) is 5.75. The van der Waals surface area contributed by atoms with Crippen LogP contribution in [0.4, 0.5) is 8.78 Å². The van der Waals surface area contributed by atoms with Crippen LogP contribution in [0.3, 0.4) is 0 Å². The van der Waals surface area contributed by atoms with Crippen molar-refractivity contribution in [2.24, 2.45) is 0 Å². The normalized spacial score (nSPS) is 13.8. The predicted molar refractivity (Wildman–Crippen MR) is 46.2 cm³/mol. The van der Waals surface area contributed by atoms with Gasteiger partial charge in [-0.25, -0.2) is 8.78 Å². The fourth-order valence-corrected chi connectivity index (χ4v) is 0.939. The number of alkyl halides is 2. The molecule has 0 aromatic carbocycles. The largest absolute Gasteiger partial charge is 0.361 e. The van der Waals surface area contributed by atoms with Crippen LogP contribution < -0.4 is 0 Å². The van der Waals surface area contributed by atoms with Gasteiger partial charge in [0.05, 0.1) is 0 Å². The molecular weight excluding hydrogens is 178 g/mol. The Morgan fingerprint density at radius 1 is 1.23 bits per heavy atom.